The summed E-state index contributed by atoms with van der Waals surface area (Å²) < 4.78 is 6.73. The standard InChI is InChI=1S/C15H15BrN2O2/c1-10-3-6-14(11(2)18-19)15(7-10)20-9-13-5-4-12(16)8-17-13/h3-8,19H,9H2,1-2H3/b18-11-. The number of aryl methyl sites for hydroxylation is 1. The molecule has 1 heterocycles. The molecule has 0 aliphatic rings. The number of pyridine rings is 1. The zero-order valence-corrected chi connectivity index (χ0v) is 12.9. The van der Waals surface area contributed by atoms with Crippen molar-refractivity contribution < 1.29 is 9.94 Å². The van der Waals surface area contributed by atoms with Crippen molar-refractivity contribution in [3.05, 3.63) is 57.8 Å². The van der Waals surface area contributed by atoms with E-state index in [9.17, 15) is 0 Å². The molecule has 0 radical (unpaired) electrons. The maximum atomic E-state index is 8.91. The van der Waals surface area contributed by atoms with Gasteiger partial charge in [-0.25, -0.2) is 0 Å². The summed E-state index contributed by atoms with van der Waals surface area (Å²) in [5.41, 5.74) is 3.21. The fourth-order valence-corrected chi connectivity index (χ4v) is 1.98. The van der Waals surface area contributed by atoms with Gasteiger partial charge in [0.05, 0.1) is 11.4 Å². The number of halogens is 1. The molecule has 0 fully saturated rings. The van der Waals surface area contributed by atoms with Crippen LogP contribution in [0.1, 0.15) is 23.7 Å². The minimum atomic E-state index is 0.364. The first-order valence-electron chi connectivity index (χ1n) is 6.13. The molecule has 0 atom stereocenters. The van der Waals surface area contributed by atoms with Crippen molar-refractivity contribution in [3.8, 4) is 5.75 Å². The van der Waals surface area contributed by atoms with E-state index in [0.29, 0.717) is 18.1 Å². The molecule has 0 unspecified atom stereocenters. The summed E-state index contributed by atoms with van der Waals surface area (Å²) in [6.07, 6.45) is 1.73. The predicted octanol–water partition coefficient (Wildman–Crippen LogP) is 3.93. The van der Waals surface area contributed by atoms with E-state index < -0.39 is 0 Å². The molecule has 0 amide bonds. The van der Waals surface area contributed by atoms with E-state index in [1.54, 1.807) is 13.1 Å². The molecule has 20 heavy (non-hydrogen) atoms. The highest BCUT2D eigenvalue weighted by Gasteiger charge is 2.08. The Morgan fingerprint density at radius 1 is 1.35 bits per heavy atom. The average molecular weight is 335 g/mol. The quantitative estimate of drug-likeness (QED) is 0.523. The highest BCUT2D eigenvalue weighted by atomic mass is 79.9. The van der Waals surface area contributed by atoms with Crippen LogP contribution < -0.4 is 4.74 Å². The summed E-state index contributed by atoms with van der Waals surface area (Å²) in [4.78, 5) is 4.26. The second kappa shape index (κ2) is 6.52. The third kappa shape index (κ3) is 3.57. The molecule has 0 aliphatic carbocycles. The Balaban J connectivity index is 2.20. The van der Waals surface area contributed by atoms with Crippen LogP contribution >= 0.6 is 15.9 Å². The number of aromatic nitrogens is 1. The maximum Gasteiger partial charge on any atom is 0.130 e. The first-order chi connectivity index (χ1) is 9.60. The number of hydrogen-bond acceptors (Lipinski definition) is 4. The van der Waals surface area contributed by atoms with Crippen LogP contribution in [0.2, 0.25) is 0 Å². The highest BCUT2D eigenvalue weighted by molar-refractivity contribution is 9.10. The van der Waals surface area contributed by atoms with Gasteiger partial charge in [0.25, 0.3) is 0 Å². The number of oxime groups is 1. The second-order valence-electron chi connectivity index (χ2n) is 4.44. The summed E-state index contributed by atoms with van der Waals surface area (Å²) in [6, 6.07) is 9.57. The average Bonchev–Trinajstić information content (AvgIpc) is 2.46. The number of ether oxygens (including phenoxy) is 1. The van der Waals surface area contributed by atoms with Crippen molar-refractivity contribution in [1.29, 1.82) is 0 Å². The van der Waals surface area contributed by atoms with E-state index >= 15 is 0 Å². The summed E-state index contributed by atoms with van der Waals surface area (Å²) >= 11 is 3.34. The minimum Gasteiger partial charge on any atom is -0.487 e. The molecule has 0 aliphatic heterocycles. The fraction of sp³-hybridized carbons (Fsp3) is 0.200. The maximum absolute atomic E-state index is 8.91. The molecule has 1 aromatic heterocycles. The van der Waals surface area contributed by atoms with Gasteiger partial charge in [0.15, 0.2) is 0 Å². The van der Waals surface area contributed by atoms with Crippen LogP contribution in [-0.2, 0) is 6.61 Å². The summed E-state index contributed by atoms with van der Waals surface area (Å²) in [5.74, 6) is 0.685. The van der Waals surface area contributed by atoms with Gasteiger partial charge in [0.2, 0.25) is 0 Å². The topological polar surface area (TPSA) is 54.7 Å². The van der Waals surface area contributed by atoms with E-state index in [4.69, 9.17) is 9.94 Å². The van der Waals surface area contributed by atoms with Crippen molar-refractivity contribution >= 4 is 21.6 Å². The van der Waals surface area contributed by atoms with Crippen LogP contribution in [0.4, 0.5) is 0 Å². The lowest BCUT2D eigenvalue weighted by atomic mass is 10.1. The molecular formula is C15H15BrN2O2. The lowest BCUT2D eigenvalue weighted by Crippen LogP contribution is -2.04. The minimum absolute atomic E-state index is 0.364. The molecule has 1 aromatic carbocycles. The Morgan fingerprint density at radius 2 is 2.15 bits per heavy atom. The summed E-state index contributed by atoms with van der Waals surface area (Å²) in [7, 11) is 0. The molecule has 0 bridgehead atoms. The molecule has 2 aromatic rings. The van der Waals surface area contributed by atoms with Crippen LogP contribution in [-0.4, -0.2) is 15.9 Å². The van der Waals surface area contributed by atoms with E-state index in [0.717, 1.165) is 21.3 Å². The molecule has 1 N–H and O–H groups in total. The van der Waals surface area contributed by atoms with Gasteiger partial charge in [-0.2, -0.15) is 0 Å². The number of rotatable bonds is 4. The molecule has 0 saturated carbocycles. The first-order valence-corrected chi connectivity index (χ1v) is 6.92. The van der Waals surface area contributed by atoms with Crippen molar-refractivity contribution in [3.63, 3.8) is 0 Å². The normalized spacial score (nSPS) is 11.4. The van der Waals surface area contributed by atoms with Crippen molar-refractivity contribution in [2.45, 2.75) is 20.5 Å². The van der Waals surface area contributed by atoms with Crippen LogP contribution in [0.3, 0.4) is 0 Å². The van der Waals surface area contributed by atoms with Gasteiger partial charge < -0.3 is 9.94 Å². The summed E-state index contributed by atoms with van der Waals surface area (Å²) in [6.45, 7) is 4.08. The molecule has 5 heteroatoms. The van der Waals surface area contributed by atoms with E-state index in [1.165, 1.54) is 0 Å². The van der Waals surface area contributed by atoms with Gasteiger partial charge in [-0.1, -0.05) is 11.2 Å². The van der Waals surface area contributed by atoms with E-state index in [2.05, 4.69) is 26.1 Å². The molecule has 0 saturated heterocycles. The smallest absolute Gasteiger partial charge is 0.130 e. The van der Waals surface area contributed by atoms with Gasteiger partial charge in [-0.3, -0.25) is 4.98 Å². The van der Waals surface area contributed by atoms with E-state index in [1.807, 2.05) is 37.3 Å². The molecular weight excluding hydrogens is 320 g/mol. The Morgan fingerprint density at radius 3 is 2.80 bits per heavy atom. The lowest BCUT2D eigenvalue weighted by molar-refractivity contribution is 0.299. The third-order valence-electron chi connectivity index (χ3n) is 2.84. The predicted molar refractivity (Wildman–Crippen MR) is 81.4 cm³/mol. The first kappa shape index (κ1) is 14.5. The van der Waals surface area contributed by atoms with Crippen LogP contribution in [0.15, 0.2) is 46.2 Å². The van der Waals surface area contributed by atoms with Gasteiger partial charge in [-0.15, -0.1) is 0 Å². The second-order valence-corrected chi connectivity index (χ2v) is 5.36. The van der Waals surface area contributed by atoms with Crippen LogP contribution in [0.5, 0.6) is 5.75 Å². The number of nitrogens with zero attached hydrogens (tertiary/aromatic N) is 2. The van der Waals surface area contributed by atoms with Gasteiger partial charge >= 0.3 is 0 Å². The SMILES string of the molecule is C/C(=N/O)c1ccc(C)cc1OCc1ccc(Br)cn1. The largest absolute Gasteiger partial charge is 0.487 e. The molecule has 2 rings (SSSR count). The van der Waals surface area contributed by atoms with E-state index in [-0.39, 0.29) is 0 Å². The lowest BCUT2D eigenvalue weighted by Gasteiger charge is -2.11. The highest BCUT2D eigenvalue weighted by Crippen LogP contribution is 2.22. The monoisotopic (exact) mass is 334 g/mol. The third-order valence-corrected chi connectivity index (χ3v) is 3.31. The number of benzene rings is 1. The Bertz CT molecular complexity index is 624. The Kier molecular flexibility index (Phi) is 4.74. The summed E-state index contributed by atoms with van der Waals surface area (Å²) in [5, 5.41) is 12.1. The molecule has 4 nitrogen and oxygen atoms in total. The molecule has 104 valence electrons. The van der Waals surface area contributed by atoms with Crippen molar-refractivity contribution in [2.75, 3.05) is 0 Å². The Hall–Kier alpha value is -1.88. The van der Waals surface area contributed by atoms with Gasteiger partial charge in [0.1, 0.15) is 12.4 Å². The molecule has 0 spiro atoms. The Labute approximate surface area is 126 Å². The van der Waals surface area contributed by atoms with Crippen LogP contribution in [0, 0.1) is 6.92 Å². The van der Waals surface area contributed by atoms with Crippen molar-refractivity contribution in [2.24, 2.45) is 5.16 Å². The fourth-order valence-electron chi connectivity index (χ4n) is 1.75. The zero-order chi connectivity index (χ0) is 14.5. The zero-order valence-electron chi connectivity index (χ0n) is 11.3. The van der Waals surface area contributed by atoms with Gasteiger partial charge in [-0.05, 0) is 59.6 Å². The van der Waals surface area contributed by atoms with Gasteiger partial charge in [0, 0.05) is 16.2 Å². The van der Waals surface area contributed by atoms with Crippen LogP contribution in [0.25, 0.3) is 0 Å². The van der Waals surface area contributed by atoms with Crippen molar-refractivity contribution in [1.82, 2.24) is 4.98 Å². The number of hydrogen-bond donors (Lipinski definition) is 1.